The Balaban J connectivity index is 1.38. The van der Waals surface area contributed by atoms with E-state index in [1.165, 1.54) is 0 Å². The predicted molar refractivity (Wildman–Crippen MR) is 104 cm³/mol. The van der Waals surface area contributed by atoms with Gasteiger partial charge in [0.2, 0.25) is 0 Å². The Labute approximate surface area is 156 Å². The highest BCUT2D eigenvalue weighted by Gasteiger charge is 2.26. The Morgan fingerprint density at radius 1 is 1.11 bits per heavy atom. The van der Waals surface area contributed by atoms with Gasteiger partial charge in [0.15, 0.2) is 11.5 Å². The van der Waals surface area contributed by atoms with E-state index in [1.807, 2.05) is 48.5 Å². The first-order valence-corrected chi connectivity index (χ1v) is 9.30. The highest BCUT2D eigenvalue weighted by Crippen LogP contribution is 2.29. The van der Waals surface area contributed by atoms with Crippen LogP contribution in [0.3, 0.4) is 0 Å². The zero-order chi connectivity index (χ0) is 18.2. The van der Waals surface area contributed by atoms with Crippen molar-refractivity contribution in [2.24, 2.45) is 0 Å². The lowest BCUT2D eigenvalue weighted by Crippen LogP contribution is -2.39. The molecular formula is C21H20N4O2. The summed E-state index contributed by atoms with van der Waals surface area (Å²) in [6.07, 6.45) is 3.86. The van der Waals surface area contributed by atoms with E-state index in [4.69, 9.17) is 4.42 Å². The Morgan fingerprint density at radius 2 is 1.96 bits per heavy atom. The molecule has 1 aliphatic heterocycles. The van der Waals surface area contributed by atoms with E-state index in [9.17, 15) is 4.79 Å². The van der Waals surface area contributed by atoms with Crippen LogP contribution in [0.1, 0.15) is 24.7 Å². The maximum Gasteiger partial charge on any atom is 0.275 e. The zero-order valence-electron chi connectivity index (χ0n) is 14.9. The number of nitrogens with zero attached hydrogens (tertiary/aromatic N) is 4. The van der Waals surface area contributed by atoms with Crippen molar-refractivity contribution in [3.05, 3.63) is 71.0 Å². The molecule has 0 aliphatic carbocycles. The number of likely N-dealkylation sites (tertiary alicyclic amines) is 1. The number of oxazole rings is 1. The Bertz CT molecular complexity index is 1130. The second kappa shape index (κ2) is 6.63. The molecule has 0 saturated carbocycles. The fourth-order valence-corrected chi connectivity index (χ4v) is 3.87. The lowest BCUT2D eigenvalue weighted by Gasteiger charge is -2.31. The van der Waals surface area contributed by atoms with Gasteiger partial charge in [0.1, 0.15) is 5.52 Å². The van der Waals surface area contributed by atoms with Gasteiger partial charge in [0.25, 0.3) is 5.56 Å². The standard InChI is InChI=1S/C21H20N4O2/c26-21-17-8-2-1-6-15(17)12-22-25(21)14-24-11-5-7-16(13-24)20-23-18-9-3-4-10-19(18)27-20/h1-4,6,8-10,12,16H,5,7,11,13-14H2/t16-/m1/s1. The van der Waals surface area contributed by atoms with Crippen LogP contribution in [0, 0.1) is 0 Å². The third-order valence-electron chi connectivity index (χ3n) is 5.26. The van der Waals surface area contributed by atoms with E-state index in [1.54, 1.807) is 10.9 Å². The lowest BCUT2D eigenvalue weighted by molar-refractivity contribution is 0.146. The molecule has 1 fully saturated rings. The molecule has 6 nitrogen and oxygen atoms in total. The van der Waals surface area contributed by atoms with Gasteiger partial charge in [0, 0.05) is 17.8 Å². The maximum atomic E-state index is 12.7. The molecule has 0 bridgehead atoms. The molecule has 0 N–H and O–H groups in total. The second-order valence-corrected chi connectivity index (χ2v) is 7.11. The molecule has 27 heavy (non-hydrogen) atoms. The number of hydrogen-bond donors (Lipinski definition) is 0. The molecule has 0 unspecified atom stereocenters. The normalized spacial score (nSPS) is 18.3. The number of rotatable bonds is 3. The summed E-state index contributed by atoms with van der Waals surface area (Å²) in [6.45, 7) is 2.24. The number of benzene rings is 2. The number of aromatic nitrogens is 3. The van der Waals surface area contributed by atoms with Crippen molar-refractivity contribution < 1.29 is 4.42 Å². The molecule has 6 heteroatoms. The van der Waals surface area contributed by atoms with Crippen LogP contribution < -0.4 is 5.56 Å². The van der Waals surface area contributed by atoms with Crippen molar-refractivity contribution in [1.29, 1.82) is 0 Å². The van der Waals surface area contributed by atoms with E-state index in [0.717, 1.165) is 48.3 Å². The first-order chi connectivity index (χ1) is 13.3. The fraction of sp³-hybridized carbons (Fsp3) is 0.286. The number of piperidine rings is 1. The molecule has 0 spiro atoms. The average Bonchev–Trinajstić information content (AvgIpc) is 3.15. The summed E-state index contributed by atoms with van der Waals surface area (Å²) in [4.78, 5) is 19.6. The van der Waals surface area contributed by atoms with E-state index in [2.05, 4.69) is 15.0 Å². The molecule has 136 valence electrons. The molecule has 1 atom stereocenters. The summed E-state index contributed by atoms with van der Waals surface area (Å²) in [7, 11) is 0. The highest BCUT2D eigenvalue weighted by molar-refractivity contribution is 5.80. The monoisotopic (exact) mass is 360 g/mol. The van der Waals surface area contributed by atoms with Gasteiger partial charge in [-0.05, 0) is 37.6 Å². The zero-order valence-corrected chi connectivity index (χ0v) is 14.9. The number of para-hydroxylation sites is 2. The summed E-state index contributed by atoms with van der Waals surface area (Å²) in [5, 5.41) is 5.94. The van der Waals surface area contributed by atoms with Crippen molar-refractivity contribution in [3.63, 3.8) is 0 Å². The van der Waals surface area contributed by atoms with Crippen LogP contribution in [0.5, 0.6) is 0 Å². The van der Waals surface area contributed by atoms with Gasteiger partial charge in [0.05, 0.1) is 18.3 Å². The summed E-state index contributed by atoms with van der Waals surface area (Å²) in [5.41, 5.74) is 1.69. The molecule has 5 rings (SSSR count). The van der Waals surface area contributed by atoms with Crippen molar-refractivity contribution in [2.75, 3.05) is 13.1 Å². The van der Waals surface area contributed by atoms with Crippen LogP contribution in [0.15, 0.2) is 63.9 Å². The molecule has 2 aromatic heterocycles. The van der Waals surface area contributed by atoms with Crippen LogP contribution in [0.2, 0.25) is 0 Å². The molecule has 0 amide bonds. The van der Waals surface area contributed by atoms with Gasteiger partial charge < -0.3 is 4.42 Å². The van der Waals surface area contributed by atoms with Gasteiger partial charge in [-0.1, -0.05) is 30.3 Å². The minimum Gasteiger partial charge on any atom is -0.440 e. The molecule has 0 radical (unpaired) electrons. The van der Waals surface area contributed by atoms with Gasteiger partial charge >= 0.3 is 0 Å². The number of hydrogen-bond acceptors (Lipinski definition) is 5. The third-order valence-corrected chi connectivity index (χ3v) is 5.26. The SMILES string of the molecule is O=c1c2ccccc2cnn1CN1CCC[C@@H](c2nc3ccccc3o2)C1. The highest BCUT2D eigenvalue weighted by atomic mass is 16.3. The van der Waals surface area contributed by atoms with Crippen molar-refractivity contribution in [1.82, 2.24) is 19.7 Å². The Morgan fingerprint density at radius 3 is 2.89 bits per heavy atom. The molecule has 3 heterocycles. The minimum atomic E-state index is -0.0444. The van der Waals surface area contributed by atoms with Gasteiger partial charge in [-0.15, -0.1) is 0 Å². The average molecular weight is 360 g/mol. The largest absolute Gasteiger partial charge is 0.440 e. The smallest absolute Gasteiger partial charge is 0.275 e. The van der Waals surface area contributed by atoms with Gasteiger partial charge in [-0.3, -0.25) is 9.69 Å². The maximum absolute atomic E-state index is 12.7. The van der Waals surface area contributed by atoms with Crippen LogP contribution in [-0.4, -0.2) is 32.8 Å². The summed E-state index contributed by atoms with van der Waals surface area (Å²) < 4.78 is 7.52. The molecule has 2 aromatic carbocycles. The van der Waals surface area contributed by atoms with Gasteiger partial charge in [-0.25, -0.2) is 9.67 Å². The Hall–Kier alpha value is -2.99. The minimum absolute atomic E-state index is 0.0444. The lowest BCUT2D eigenvalue weighted by atomic mass is 9.98. The van der Waals surface area contributed by atoms with Crippen LogP contribution in [0.25, 0.3) is 21.9 Å². The first-order valence-electron chi connectivity index (χ1n) is 9.30. The van der Waals surface area contributed by atoms with Crippen LogP contribution >= 0.6 is 0 Å². The van der Waals surface area contributed by atoms with E-state index >= 15 is 0 Å². The molecule has 1 aliphatic rings. The predicted octanol–water partition coefficient (Wildman–Crippen LogP) is 3.37. The molecule has 4 aromatic rings. The first kappa shape index (κ1) is 16.2. The molecule has 1 saturated heterocycles. The summed E-state index contributed by atoms with van der Waals surface area (Å²) in [5.74, 6) is 1.03. The van der Waals surface area contributed by atoms with Crippen molar-refractivity contribution in [3.8, 4) is 0 Å². The Kier molecular flexibility index (Phi) is 3.98. The van der Waals surface area contributed by atoms with E-state index in [-0.39, 0.29) is 11.5 Å². The summed E-state index contributed by atoms with van der Waals surface area (Å²) >= 11 is 0. The van der Waals surface area contributed by atoms with Crippen LogP contribution in [-0.2, 0) is 6.67 Å². The van der Waals surface area contributed by atoms with Crippen molar-refractivity contribution >= 4 is 21.9 Å². The van der Waals surface area contributed by atoms with Crippen LogP contribution in [0.4, 0.5) is 0 Å². The fourth-order valence-electron chi connectivity index (χ4n) is 3.87. The van der Waals surface area contributed by atoms with Crippen molar-refractivity contribution in [2.45, 2.75) is 25.4 Å². The van der Waals surface area contributed by atoms with E-state index in [0.29, 0.717) is 12.1 Å². The van der Waals surface area contributed by atoms with E-state index < -0.39 is 0 Å². The second-order valence-electron chi connectivity index (χ2n) is 7.11. The third kappa shape index (κ3) is 3.02. The van der Waals surface area contributed by atoms with Gasteiger partial charge in [-0.2, -0.15) is 5.10 Å². The molecular weight excluding hydrogens is 340 g/mol. The topological polar surface area (TPSA) is 64.2 Å². The quantitative estimate of drug-likeness (QED) is 0.560. The summed E-state index contributed by atoms with van der Waals surface area (Å²) in [6, 6.07) is 15.4. The number of fused-ring (bicyclic) bond motifs is 2.